The molecule has 0 spiro atoms. The Balaban J connectivity index is 1.49. The predicted molar refractivity (Wildman–Crippen MR) is 174 cm³/mol. The zero-order chi connectivity index (χ0) is 33.4. The molecule has 0 aliphatic rings. The van der Waals surface area contributed by atoms with Crippen LogP contribution in [0.5, 0.6) is 5.75 Å². The maximum atomic E-state index is 14.7. The number of carbonyl (C=O) groups is 2. The van der Waals surface area contributed by atoms with Crippen molar-refractivity contribution in [2.75, 3.05) is 0 Å². The molecule has 46 heavy (non-hydrogen) atoms. The zero-order valence-corrected chi connectivity index (χ0v) is 27.0. The Labute approximate surface area is 270 Å². The van der Waals surface area contributed by atoms with Gasteiger partial charge in [0.05, 0.1) is 11.1 Å². The molecule has 3 aromatic carbocycles. The topological polar surface area (TPSA) is 52.6 Å². The van der Waals surface area contributed by atoms with Crippen molar-refractivity contribution in [3.05, 3.63) is 89.2 Å². The van der Waals surface area contributed by atoms with E-state index < -0.39 is 42.0 Å². The Morgan fingerprint density at radius 1 is 0.674 bits per heavy atom. The molecule has 1 atom stereocenters. The van der Waals surface area contributed by atoms with Gasteiger partial charge in [-0.25, -0.2) is 14.0 Å². The number of unbranched alkanes of at least 4 members (excludes halogenated alkanes) is 10. The highest BCUT2D eigenvalue weighted by molar-refractivity contribution is 5.92. The molecule has 0 fully saturated rings. The minimum absolute atomic E-state index is 0.194. The summed E-state index contributed by atoms with van der Waals surface area (Å²) < 4.78 is 64.4. The van der Waals surface area contributed by atoms with E-state index in [1.165, 1.54) is 63.4 Å². The lowest BCUT2D eigenvalue weighted by molar-refractivity contribution is -0.206. The number of hydrogen-bond acceptors (Lipinski definition) is 4. The van der Waals surface area contributed by atoms with Crippen molar-refractivity contribution in [1.29, 1.82) is 0 Å². The molecular weight excluding hydrogens is 596 g/mol. The van der Waals surface area contributed by atoms with Gasteiger partial charge in [-0.2, -0.15) is 13.2 Å². The molecule has 0 unspecified atom stereocenters. The van der Waals surface area contributed by atoms with Gasteiger partial charge in [0.15, 0.2) is 6.10 Å². The summed E-state index contributed by atoms with van der Waals surface area (Å²) >= 11 is 0. The summed E-state index contributed by atoms with van der Waals surface area (Å²) in [6.45, 7) is 4.08. The molecule has 0 aliphatic carbocycles. The summed E-state index contributed by atoms with van der Waals surface area (Å²) in [5.74, 6) is -3.52. The van der Waals surface area contributed by atoms with Gasteiger partial charge in [0.25, 0.3) is 0 Å². The zero-order valence-electron chi connectivity index (χ0n) is 27.0. The van der Waals surface area contributed by atoms with Crippen molar-refractivity contribution in [3.63, 3.8) is 0 Å². The minimum atomic E-state index is -4.76. The van der Waals surface area contributed by atoms with E-state index in [-0.39, 0.29) is 17.7 Å². The second-order valence-corrected chi connectivity index (χ2v) is 11.8. The third kappa shape index (κ3) is 12.3. The third-order valence-corrected chi connectivity index (χ3v) is 8.03. The van der Waals surface area contributed by atoms with E-state index in [9.17, 15) is 27.2 Å². The maximum Gasteiger partial charge on any atom is 0.425 e. The van der Waals surface area contributed by atoms with Crippen LogP contribution in [0.1, 0.15) is 124 Å². The van der Waals surface area contributed by atoms with E-state index in [1.54, 1.807) is 24.3 Å². The average Bonchev–Trinajstić information content (AvgIpc) is 3.03. The monoisotopic (exact) mass is 642 g/mol. The first kappa shape index (κ1) is 36.8. The number of carbonyl (C=O) groups excluding carboxylic acids is 2. The Morgan fingerprint density at radius 2 is 1.22 bits per heavy atom. The highest BCUT2D eigenvalue weighted by Crippen LogP contribution is 2.29. The number of benzene rings is 3. The molecule has 4 nitrogen and oxygen atoms in total. The molecule has 0 heterocycles. The SMILES string of the molecule is CCCCCCCCCCCc1ccc(-c2ccc(C(=O)Oc3ccc(C(=O)O[C@H](CCCCC)C(F)(F)F)c(F)c3)cc2)cc1. The lowest BCUT2D eigenvalue weighted by Crippen LogP contribution is -2.34. The number of esters is 2. The van der Waals surface area contributed by atoms with Gasteiger partial charge in [0, 0.05) is 6.07 Å². The molecule has 0 N–H and O–H groups in total. The first-order valence-corrected chi connectivity index (χ1v) is 16.6. The van der Waals surface area contributed by atoms with E-state index in [4.69, 9.17) is 4.74 Å². The van der Waals surface area contributed by atoms with Crippen LogP contribution in [0.2, 0.25) is 0 Å². The molecule has 250 valence electrons. The summed E-state index contributed by atoms with van der Waals surface area (Å²) in [5.41, 5.74) is 2.79. The van der Waals surface area contributed by atoms with Gasteiger partial charge >= 0.3 is 18.1 Å². The van der Waals surface area contributed by atoms with Crippen LogP contribution in [0.15, 0.2) is 66.7 Å². The van der Waals surface area contributed by atoms with Crippen molar-refractivity contribution in [1.82, 2.24) is 0 Å². The van der Waals surface area contributed by atoms with E-state index in [0.717, 1.165) is 35.7 Å². The average molecular weight is 643 g/mol. The van der Waals surface area contributed by atoms with E-state index >= 15 is 0 Å². The standard InChI is InChI=1S/C38H46F4O4/c1-3-5-7-8-9-10-11-12-14-15-28-17-19-29(20-18-28)30-21-23-31(24-22-30)36(43)45-32-25-26-33(34(39)27-32)37(44)46-35(38(40,41)42)16-13-6-4-2/h17-27,35H,3-16H2,1-2H3/t35-/m1/s1. The highest BCUT2D eigenvalue weighted by atomic mass is 19.4. The van der Waals surface area contributed by atoms with Crippen molar-refractivity contribution in [2.45, 2.75) is 116 Å². The number of aryl methyl sites for hydroxylation is 1. The number of halogens is 4. The third-order valence-electron chi connectivity index (χ3n) is 8.03. The van der Waals surface area contributed by atoms with Crippen LogP contribution >= 0.6 is 0 Å². The second-order valence-electron chi connectivity index (χ2n) is 11.8. The molecule has 0 amide bonds. The Morgan fingerprint density at radius 3 is 1.78 bits per heavy atom. The van der Waals surface area contributed by atoms with Crippen molar-refractivity contribution >= 4 is 11.9 Å². The smallest absolute Gasteiger partial charge is 0.425 e. The fraction of sp³-hybridized carbons (Fsp3) is 0.474. The van der Waals surface area contributed by atoms with Gasteiger partial charge in [-0.15, -0.1) is 0 Å². The van der Waals surface area contributed by atoms with Crippen LogP contribution in [0.4, 0.5) is 17.6 Å². The number of hydrogen-bond donors (Lipinski definition) is 0. The lowest BCUT2D eigenvalue weighted by Gasteiger charge is -2.20. The largest absolute Gasteiger partial charge is 0.449 e. The normalized spacial score (nSPS) is 12.1. The second kappa shape index (κ2) is 19.1. The van der Waals surface area contributed by atoms with Gasteiger partial charge in [0.1, 0.15) is 11.6 Å². The van der Waals surface area contributed by atoms with Gasteiger partial charge in [-0.1, -0.05) is 114 Å². The highest BCUT2D eigenvalue weighted by Gasteiger charge is 2.42. The molecule has 0 saturated heterocycles. The molecule has 3 aromatic rings. The van der Waals surface area contributed by atoms with Gasteiger partial charge in [0.2, 0.25) is 0 Å². The summed E-state index contributed by atoms with van der Waals surface area (Å²) in [6, 6.07) is 18.0. The first-order valence-electron chi connectivity index (χ1n) is 16.6. The molecule has 0 bridgehead atoms. The number of rotatable bonds is 19. The summed E-state index contributed by atoms with van der Waals surface area (Å²) in [4.78, 5) is 25.0. The summed E-state index contributed by atoms with van der Waals surface area (Å²) in [5, 5.41) is 0. The maximum absolute atomic E-state index is 14.7. The Hall–Kier alpha value is -3.68. The van der Waals surface area contributed by atoms with Gasteiger partial charge in [-0.05, 0) is 66.6 Å². The van der Waals surface area contributed by atoms with Crippen LogP contribution < -0.4 is 4.74 Å². The van der Waals surface area contributed by atoms with Crippen molar-refractivity contribution in [2.24, 2.45) is 0 Å². The van der Waals surface area contributed by atoms with Crippen LogP contribution in [0, 0.1) is 5.82 Å². The molecule has 8 heteroatoms. The first-order chi connectivity index (χ1) is 22.1. The Kier molecular flexibility index (Phi) is 15.3. The van der Waals surface area contributed by atoms with Crippen LogP contribution in [-0.4, -0.2) is 24.2 Å². The number of ether oxygens (including phenoxy) is 2. The summed E-state index contributed by atoms with van der Waals surface area (Å²) in [7, 11) is 0. The van der Waals surface area contributed by atoms with E-state index in [1.807, 2.05) is 6.92 Å². The molecule has 0 radical (unpaired) electrons. The molecule has 0 saturated carbocycles. The van der Waals surface area contributed by atoms with Crippen LogP contribution in [-0.2, 0) is 11.2 Å². The lowest BCUT2D eigenvalue weighted by atomic mass is 10.00. The van der Waals surface area contributed by atoms with Crippen molar-refractivity contribution < 1.29 is 36.6 Å². The van der Waals surface area contributed by atoms with Gasteiger partial charge in [-0.3, -0.25) is 0 Å². The van der Waals surface area contributed by atoms with Crippen LogP contribution in [0.25, 0.3) is 11.1 Å². The minimum Gasteiger partial charge on any atom is -0.449 e. The van der Waals surface area contributed by atoms with E-state index in [0.29, 0.717) is 12.8 Å². The molecular formula is C38H46F4O4. The van der Waals surface area contributed by atoms with Crippen molar-refractivity contribution in [3.8, 4) is 16.9 Å². The molecule has 3 rings (SSSR count). The quantitative estimate of drug-likeness (QED) is 0.0565. The van der Waals surface area contributed by atoms with Crippen LogP contribution in [0.3, 0.4) is 0 Å². The fourth-order valence-electron chi connectivity index (χ4n) is 5.26. The predicted octanol–water partition coefficient (Wildman–Crippen LogP) is 11.5. The van der Waals surface area contributed by atoms with E-state index in [2.05, 4.69) is 35.9 Å². The fourth-order valence-corrected chi connectivity index (χ4v) is 5.26. The molecule has 0 aliphatic heterocycles. The summed E-state index contributed by atoms with van der Waals surface area (Å²) in [6.07, 6.45) is 6.74. The van der Waals surface area contributed by atoms with Gasteiger partial charge < -0.3 is 9.47 Å². The Bertz CT molecular complexity index is 1350. The molecule has 0 aromatic heterocycles. The number of alkyl halides is 3.